The van der Waals surface area contributed by atoms with Gasteiger partial charge in [-0.2, -0.15) is 13.2 Å². The molecule has 2 N–H and O–H groups in total. The van der Waals surface area contributed by atoms with Crippen LogP contribution in [0.5, 0.6) is 11.5 Å². The van der Waals surface area contributed by atoms with Crippen LogP contribution in [-0.2, 0) is 19.0 Å². The van der Waals surface area contributed by atoms with E-state index in [9.17, 15) is 18.0 Å². The summed E-state index contributed by atoms with van der Waals surface area (Å²) in [6, 6.07) is 10.1. The molecule has 0 aliphatic carbocycles. The number of urea groups is 1. The number of ether oxygens (including phenoxy) is 2. The van der Waals surface area contributed by atoms with Gasteiger partial charge in [0.05, 0.1) is 19.8 Å². The molecule has 0 saturated heterocycles. The monoisotopic (exact) mass is 396 g/mol. The molecular formula is C20H23F3N2O3. The summed E-state index contributed by atoms with van der Waals surface area (Å²) in [4.78, 5) is 11.8. The van der Waals surface area contributed by atoms with Crippen LogP contribution in [0.3, 0.4) is 0 Å². The number of alkyl halides is 3. The first-order valence-electron chi connectivity index (χ1n) is 8.72. The van der Waals surface area contributed by atoms with E-state index in [1.54, 1.807) is 20.3 Å². The molecule has 2 aromatic carbocycles. The molecule has 2 aromatic rings. The minimum Gasteiger partial charge on any atom is -0.493 e. The molecule has 0 aliphatic heterocycles. The summed E-state index contributed by atoms with van der Waals surface area (Å²) in [5.41, 5.74) is 1.03. The van der Waals surface area contributed by atoms with Crippen molar-refractivity contribution in [3.63, 3.8) is 0 Å². The molecule has 2 rings (SSSR count). The predicted molar refractivity (Wildman–Crippen MR) is 99.8 cm³/mol. The average molecular weight is 396 g/mol. The van der Waals surface area contributed by atoms with Crippen molar-refractivity contribution < 1.29 is 27.4 Å². The number of benzene rings is 2. The third-order valence-electron chi connectivity index (χ3n) is 4.13. The van der Waals surface area contributed by atoms with Gasteiger partial charge < -0.3 is 20.1 Å². The largest absolute Gasteiger partial charge is 0.493 e. The predicted octanol–water partition coefficient (Wildman–Crippen LogP) is 3.81. The Balaban J connectivity index is 1.70. The summed E-state index contributed by atoms with van der Waals surface area (Å²) < 4.78 is 48.0. The van der Waals surface area contributed by atoms with Crippen molar-refractivity contribution >= 4 is 6.03 Å². The fraction of sp³-hybridized carbons (Fsp3) is 0.350. The second-order valence-electron chi connectivity index (χ2n) is 6.07. The third-order valence-corrected chi connectivity index (χ3v) is 4.13. The molecule has 2 amide bonds. The molecule has 152 valence electrons. The standard InChI is InChI=1S/C20H23F3N2O3/c1-27-17-8-5-15(13-18(17)28-2)10-12-25-19(26)24-11-9-14-3-6-16(7-4-14)20(21,22)23/h3-8,13H,9-12H2,1-2H3,(H2,24,25,26). The molecule has 5 nitrogen and oxygen atoms in total. The van der Waals surface area contributed by atoms with E-state index in [0.29, 0.717) is 37.4 Å². The Hall–Kier alpha value is -2.90. The summed E-state index contributed by atoms with van der Waals surface area (Å²) in [5.74, 6) is 1.27. The Bertz CT molecular complexity index is 777. The number of carbonyl (C=O) groups is 1. The normalized spacial score (nSPS) is 11.0. The van der Waals surface area contributed by atoms with E-state index in [2.05, 4.69) is 10.6 Å². The zero-order valence-corrected chi connectivity index (χ0v) is 15.7. The number of halogens is 3. The van der Waals surface area contributed by atoms with Crippen LogP contribution in [-0.4, -0.2) is 33.3 Å². The third kappa shape index (κ3) is 6.37. The molecule has 0 heterocycles. The van der Waals surface area contributed by atoms with Gasteiger partial charge in [0.25, 0.3) is 0 Å². The van der Waals surface area contributed by atoms with Gasteiger partial charge in [-0.1, -0.05) is 18.2 Å². The number of rotatable bonds is 8. The Morgan fingerprint density at radius 1 is 0.857 bits per heavy atom. The van der Waals surface area contributed by atoms with Gasteiger partial charge in [-0.15, -0.1) is 0 Å². The average Bonchev–Trinajstić information content (AvgIpc) is 2.67. The zero-order chi connectivity index (χ0) is 20.6. The minimum atomic E-state index is -4.34. The first-order chi connectivity index (χ1) is 13.3. The topological polar surface area (TPSA) is 59.6 Å². The van der Waals surface area contributed by atoms with E-state index in [-0.39, 0.29) is 6.03 Å². The minimum absolute atomic E-state index is 0.326. The van der Waals surface area contributed by atoms with E-state index < -0.39 is 11.7 Å². The molecule has 0 aliphatic rings. The molecule has 0 saturated carbocycles. The number of hydrogen-bond donors (Lipinski definition) is 2. The van der Waals surface area contributed by atoms with E-state index in [1.165, 1.54) is 12.1 Å². The van der Waals surface area contributed by atoms with Crippen LogP contribution >= 0.6 is 0 Å². The lowest BCUT2D eigenvalue weighted by molar-refractivity contribution is -0.137. The van der Waals surface area contributed by atoms with Crippen LogP contribution in [0.15, 0.2) is 42.5 Å². The molecule has 0 atom stereocenters. The highest BCUT2D eigenvalue weighted by atomic mass is 19.4. The highest BCUT2D eigenvalue weighted by Crippen LogP contribution is 2.29. The lowest BCUT2D eigenvalue weighted by Gasteiger charge is -2.11. The second-order valence-corrected chi connectivity index (χ2v) is 6.07. The van der Waals surface area contributed by atoms with Crippen molar-refractivity contribution in [2.45, 2.75) is 19.0 Å². The fourth-order valence-corrected chi connectivity index (χ4v) is 2.60. The molecule has 0 fully saturated rings. The summed E-state index contributed by atoms with van der Waals surface area (Å²) in [5, 5.41) is 5.43. The van der Waals surface area contributed by atoms with E-state index in [1.807, 2.05) is 12.1 Å². The van der Waals surface area contributed by atoms with Crippen LogP contribution in [0.25, 0.3) is 0 Å². The van der Waals surface area contributed by atoms with Gasteiger partial charge in [0.15, 0.2) is 11.5 Å². The quantitative estimate of drug-likeness (QED) is 0.714. The van der Waals surface area contributed by atoms with Crippen molar-refractivity contribution in [2.75, 3.05) is 27.3 Å². The van der Waals surface area contributed by atoms with Crippen LogP contribution < -0.4 is 20.1 Å². The molecule has 0 unspecified atom stereocenters. The highest BCUT2D eigenvalue weighted by molar-refractivity contribution is 5.73. The van der Waals surface area contributed by atoms with Gasteiger partial charge in [0.2, 0.25) is 0 Å². The van der Waals surface area contributed by atoms with Crippen molar-refractivity contribution in [3.05, 3.63) is 59.2 Å². The van der Waals surface area contributed by atoms with E-state index in [4.69, 9.17) is 9.47 Å². The molecule has 8 heteroatoms. The van der Waals surface area contributed by atoms with Gasteiger partial charge in [-0.3, -0.25) is 0 Å². The smallest absolute Gasteiger partial charge is 0.416 e. The lowest BCUT2D eigenvalue weighted by atomic mass is 10.1. The van der Waals surface area contributed by atoms with Crippen molar-refractivity contribution in [1.29, 1.82) is 0 Å². The molecule has 0 spiro atoms. The Morgan fingerprint density at radius 2 is 1.39 bits per heavy atom. The maximum Gasteiger partial charge on any atom is 0.416 e. The van der Waals surface area contributed by atoms with Crippen molar-refractivity contribution in [2.24, 2.45) is 0 Å². The summed E-state index contributed by atoms with van der Waals surface area (Å²) in [6.45, 7) is 0.759. The van der Waals surface area contributed by atoms with Crippen LogP contribution in [0.4, 0.5) is 18.0 Å². The Labute approximate surface area is 161 Å². The first kappa shape index (κ1) is 21.4. The molecule has 0 radical (unpaired) electrons. The number of carbonyl (C=O) groups excluding carboxylic acids is 1. The highest BCUT2D eigenvalue weighted by Gasteiger charge is 2.29. The number of nitrogens with one attached hydrogen (secondary N) is 2. The number of hydrogen-bond acceptors (Lipinski definition) is 3. The van der Waals surface area contributed by atoms with Gasteiger partial charge in [0, 0.05) is 13.1 Å². The van der Waals surface area contributed by atoms with Crippen molar-refractivity contribution in [3.8, 4) is 11.5 Å². The Kier molecular flexibility index (Phi) is 7.54. The van der Waals surface area contributed by atoms with Gasteiger partial charge in [-0.05, 0) is 48.2 Å². The lowest BCUT2D eigenvalue weighted by Crippen LogP contribution is -2.37. The summed E-state index contributed by atoms with van der Waals surface area (Å²) in [7, 11) is 3.12. The fourth-order valence-electron chi connectivity index (χ4n) is 2.60. The molecule has 0 bridgehead atoms. The van der Waals surface area contributed by atoms with Crippen LogP contribution in [0.2, 0.25) is 0 Å². The maximum absolute atomic E-state index is 12.5. The zero-order valence-electron chi connectivity index (χ0n) is 15.7. The maximum atomic E-state index is 12.5. The van der Waals surface area contributed by atoms with Gasteiger partial charge in [0.1, 0.15) is 0 Å². The first-order valence-corrected chi connectivity index (χ1v) is 8.72. The van der Waals surface area contributed by atoms with Gasteiger partial charge >= 0.3 is 12.2 Å². The number of amides is 2. The van der Waals surface area contributed by atoms with E-state index >= 15 is 0 Å². The summed E-state index contributed by atoms with van der Waals surface area (Å²) >= 11 is 0. The van der Waals surface area contributed by atoms with Crippen LogP contribution in [0, 0.1) is 0 Å². The molecule has 28 heavy (non-hydrogen) atoms. The Morgan fingerprint density at radius 3 is 1.93 bits per heavy atom. The SMILES string of the molecule is COc1ccc(CCNC(=O)NCCc2ccc(C(F)(F)F)cc2)cc1OC. The summed E-state index contributed by atoms with van der Waals surface area (Å²) in [6.07, 6.45) is -3.28. The van der Waals surface area contributed by atoms with E-state index in [0.717, 1.165) is 23.3 Å². The molecular weight excluding hydrogens is 373 g/mol. The van der Waals surface area contributed by atoms with Crippen molar-refractivity contribution in [1.82, 2.24) is 10.6 Å². The number of methoxy groups -OCH3 is 2. The van der Waals surface area contributed by atoms with Gasteiger partial charge in [-0.25, -0.2) is 4.79 Å². The molecule has 0 aromatic heterocycles. The van der Waals surface area contributed by atoms with Crippen LogP contribution in [0.1, 0.15) is 16.7 Å². The second kappa shape index (κ2) is 9.87.